The predicted molar refractivity (Wildman–Crippen MR) is 90.6 cm³/mol. The third-order valence-electron chi connectivity index (χ3n) is 3.95. The van der Waals surface area contributed by atoms with E-state index in [2.05, 4.69) is 12.2 Å². The van der Waals surface area contributed by atoms with Crippen LogP contribution in [-0.2, 0) is 9.53 Å². The monoisotopic (exact) mass is 318 g/mol. The molecule has 1 aromatic rings. The number of carbonyl (C=O) groups is 2. The van der Waals surface area contributed by atoms with E-state index in [9.17, 15) is 9.59 Å². The van der Waals surface area contributed by atoms with E-state index >= 15 is 0 Å². The van der Waals surface area contributed by atoms with E-state index in [0.29, 0.717) is 44.0 Å². The smallest absolute Gasteiger partial charge is 0.254 e. The lowest BCUT2D eigenvalue weighted by Crippen LogP contribution is -2.40. The van der Waals surface area contributed by atoms with E-state index in [1.54, 1.807) is 23.1 Å². The SMILES string of the molecule is CCCCCCC(=O)Nc1cccc(C(=O)N2CCOCC2)c1. The van der Waals surface area contributed by atoms with Gasteiger partial charge >= 0.3 is 0 Å². The number of nitrogens with zero attached hydrogens (tertiary/aromatic N) is 1. The lowest BCUT2D eigenvalue weighted by Gasteiger charge is -2.27. The highest BCUT2D eigenvalue weighted by atomic mass is 16.5. The van der Waals surface area contributed by atoms with Crippen molar-refractivity contribution < 1.29 is 14.3 Å². The molecule has 1 heterocycles. The van der Waals surface area contributed by atoms with Crippen LogP contribution in [0.5, 0.6) is 0 Å². The largest absolute Gasteiger partial charge is 0.378 e. The van der Waals surface area contributed by atoms with Crippen molar-refractivity contribution in [2.75, 3.05) is 31.6 Å². The van der Waals surface area contributed by atoms with E-state index in [-0.39, 0.29) is 11.8 Å². The number of hydrogen-bond donors (Lipinski definition) is 1. The first-order valence-corrected chi connectivity index (χ1v) is 8.47. The van der Waals surface area contributed by atoms with Crippen LogP contribution in [0, 0.1) is 0 Å². The van der Waals surface area contributed by atoms with Crippen LogP contribution >= 0.6 is 0 Å². The Bertz CT molecular complexity index is 525. The van der Waals surface area contributed by atoms with E-state index < -0.39 is 0 Å². The second-order valence-corrected chi connectivity index (χ2v) is 5.84. The van der Waals surface area contributed by atoms with E-state index in [0.717, 1.165) is 25.7 Å². The van der Waals surface area contributed by atoms with Gasteiger partial charge in [0.05, 0.1) is 13.2 Å². The summed E-state index contributed by atoms with van der Waals surface area (Å²) in [5.74, 6) is 0.00409. The minimum Gasteiger partial charge on any atom is -0.378 e. The van der Waals surface area contributed by atoms with Crippen LogP contribution < -0.4 is 5.32 Å². The summed E-state index contributed by atoms with van der Waals surface area (Å²) in [5.41, 5.74) is 1.29. The van der Waals surface area contributed by atoms with Crippen LogP contribution in [0.2, 0.25) is 0 Å². The first-order valence-electron chi connectivity index (χ1n) is 8.47. The normalized spacial score (nSPS) is 14.6. The summed E-state index contributed by atoms with van der Waals surface area (Å²) in [6.07, 6.45) is 4.84. The molecule has 5 heteroatoms. The van der Waals surface area contributed by atoms with Crippen molar-refractivity contribution in [3.05, 3.63) is 29.8 Å². The predicted octanol–water partition coefficient (Wildman–Crippen LogP) is 3.07. The van der Waals surface area contributed by atoms with Crippen LogP contribution in [0.4, 0.5) is 5.69 Å². The number of morpholine rings is 1. The molecule has 23 heavy (non-hydrogen) atoms. The molecule has 1 saturated heterocycles. The molecule has 0 atom stereocenters. The van der Waals surface area contributed by atoms with Crippen molar-refractivity contribution in [3.63, 3.8) is 0 Å². The number of ether oxygens (including phenoxy) is 1. The van der Waals surface area contributed by atoms with Crippen LogP contribution in [0.25, 0.3) is 0 Å². The summed E-state index contributed by atoms with van der Waals surface area (Å²) in [4.78, 5) is 26.2. The number of unbranched alkanes of at least 4 members (excludes halogenated alkanes) is 3. The van der Waals surface area contributed by atoms with Gasteiger partial charge < -0.3 is 15.0 Å². The molecular formula is C18H26N2O3. The van der Waals surface area contributed by atoms with Crippen molar-refractivity contribution in [2.45, 2.75) is 39.0 Å². The summed E-state index contributed by atoms with van der Waals surface area (Å²) in [7, 11) is 0. The molecule has 0 aliphatic carbocycles. The van der Waals surface area contributed by atoms with Crippen molar-refractivity contribution in [2.24, 2.45) is 0 Å². The Hall–Kier alpha value is -1.88. The Labute approximate surface area is 138 Å². The molecule has 1 aliphatic heterocycles. The zero-order valence-corrected chi connectivity index (χ0v) is 13.8. The van der Waals surface area contributed by atoms with Gasteiger partial charge in [0.2, 0.25) is 5.91 Å². The zero-order chi connectivity index (χ0) is 16.5. The number of nitrogens with one attached hydrogen (secondary N) is 1. The van der Waals surface area contributed by atoms with Gasteiger partial charge in [-0.25, -0.2) is 0 Å². The molecule has 2 amide bonds. The second kappa shape index (κ2) is 9.30. The number of rotatable bonds is 7. The molecule has 0 radical (unpaired) electrons. The van der Waals surface area contributed by atoms with Crippen molar-refractivity contribution in [3.8, 4) is 0 Å². The first kappa shape index (κ1) is 17.5. The summed E-state index contributed by atoms with van der Waals surface area (Å²) in [5, 5.41) is 2.88. The number of hydrogen-bond acceptors (Lipinski definition) is 3. The van der Waals surface area contributed by atoms with Crippen LogP contribution in [0.3, 0.4) is 0 Å². The highest BCUT2D eigenvalue weighted by Gasteiger charge is 2.18. The molecule has 2 rings (SSSR count). The lowest BCUT2D eigenvalue weighted by atomic mass is 10.1. The van der Waals surface area contributed by atoms with Gasteiger partial charge in [-0.2, -0.15) is 0 Å². The minimum absolute atomic E-state index is 0.00709. The third-order valence-corrected chi connectivity index (χ3v) is 3.95. The molecule has 0 aromatic heterocycles. The van der Waals surface area contributed by atoms with Gasteiger partial charge in [0, 0.05) is 30.8 Å². The summed E-state index contributed by atoms with van der Waals surface area (Å²) >= 11 is 0. The molecule has 1 aliphatic rings. The molecule has 0 unspecified atom stereocenters. The number of anilines is 1. The summed E-state index contributed by atoms with van der Waals surface area (Å²) in [6, 6.07) is 7.16. The van der Waals surface area contributed by atoms with Gasteiger partial charge in [-0.3, -0.25) is 9.59 Å². The molecule has 1 aromatic carbocycles. The highest BCUT2D eigenvalue weighted by molar-refractivity contribution is 5.97. The number of carbonyl (C=O) groups excluding carboxylic acids is 2. The quantitative estimate of drug-likeness (QED) is 0.786. The first-order chi connectivity index (χ1) is 11.2. The lowest BCUT2D eigenvalue weighted by molar-refractivity contribution is -0.116. The van der Waals surface area contributed by atoms with Crippen LogP contribution in [0.1, 0.15) is 49.4 Å². The average Bonchev–Trinajstić information content (AvgIpc) is 2.59. The molecule has 0 spiro atoms. The van der Waals surface area contributed by atoms with Gasteiger partial charge in [-0.15, -0.1) is 0 Å². The standard InChI is InChI=1S/C18H26N2O3/c1-2-3-4-5-9-17(21)19-16-8-6-7-15(14-16)18(22)20-10-12-23-13-11-20/h6-8,14H,2-5,9-13H2,1H3,(H,19,21). The Morgan fingerprint density at radius 3 is 2.70 bits per heavy atom. The van der Waals surface area contributed by atoms with Crippen molar-refractivity contribution in [1.29, 1.82) is 0 Å². The Morgan fingerprint density at radius 2 is 1.96 bits per heavy atom. The molecule has 126 valence electrons. The van der Waals surface area contributed by atoms with E-state index in [4.69, 9.17) is 4.74 Å². The van der Waals surface area contributed by atoms with Crippen molar-refractivity contribution in [1.82, 2.24) is 4.90 Å². The number of benzene rings is 1. The molecule has 5 nitrogen and oxygen atoms in total. The fourth-order valence-corrected chi connectivity index (χ4v) is 2.61. The fourth-order valence-electron chi connectivity index (χ4n) is 2.61. The summed E-state index contributed by atoms with van der Waals surface area (Å²) in [6.45, 7) is 4.55. The van der Waals surface area contributed by atoms with E-state index in [1.807, 2.05) is 6.07 Å². The Kier molecular flexibility index (Phi) is 7.07. The Balaban J connectivity index is 1.88. The minimum atomic E-state index is -0.00709. The van der Waals surface area contributed by atoms with E-state index in [1.165, 1.54) is 0 Å². The van der Waals surface area contributed by atoms with Crippen LogP contribution in [0.15, 0.2) is 24.3 Å². The molecule has 0 bridgehead atoms. The molecule has 1 fully saturated rings. The highest BCUT2D eigenvalue weighted by Crippen LogP contribution is 2.14. The maximum absolute atomic E-state index is 12.4. The molecule has 0 saturated carbocycles. The average molecular weight is 318 g/mol. The van der Waals surface area contributed by atoms with Gasteiger partial charge in [0.25, 0.3) is 5.91 Å². The van der Waals surface area contributed by atoms with Gasteiger partial charge in [0.15, 0.2) is 0 Å². The second-order valence-electron chi connectivity index (χ2n) is 5.84. The topological polar surface area (TPSA) is 58.6 Å². The Morgan fingerprint density at radius 1 is 1.17 bits per heavy atom. The van der Waals surface area contributed by atoms with Gasteiger partial charge in [-0.1, -0.05) is 32.3 Å². The van der Waals surface area contributed by atoms with Crippen molar-refractivity contribution >= 4 is 17.5 Å². The zero-order valence-electron chi connectivity index (χ0n) is 13.8. The fraction of sp³-hybridized carbons (Fsp3) is 0.556. The number of amides is 2. The maximum Gasteiger partial charge on any atom is 0.254 e. The van der Waals surface area contributed by atoms with Crippen LogP contribution in [-0.4, -0.2) is 43.0 Å². The molecular weight excluding hydrogens is 292 g/mol. The van der Waals surface area contributed by atoms with Gasteiger partial charge in [0.1, 0.15) is 0 Å². The maximum atomic E-state index is 12.4. The van der Waals surface area contributed by atoms with Gasteiger partial charge in [-0.05, 0) is 24.6 Å². The third kappa shape index (κ3) is 5.67. The summed E-state index contributed by atoms with van der Waals surface area (Å²) < 4.78 is 5.27. The molecule has 1 N–H and O–H groups in total.